The third-order valence-corrected chi connectivity index (χ3v) is 10.5. The Morgan fingerprint density at radius 3 is 2.50 bits per heavy atom. The molecule has 0 bridgehead atoms. The molecule has 5 nitrogen and oxygen atoms in total. The summed E-state index contributed by atoms with van der Waals surface area (Å²) in [5.74, 6) is 3.31. The highest BCUT2D eigenvalue weighted by molar-refractivity contribution is 5.75. The number of rotatable bonds is 5. The Kier molecular flexibility index (Phi) is 6.29. The molecule has 4 aliphatic rings. The Morgan fingerprint density at radius 2 is 1.77 bits per heavy atom. The molecule has 0 radical (unpaired) electrons. The van der Waals surface area contributed by atoms with Crippen LogP contribution in [-0.2, 0) is 4.79 Å². The SMILES string of the molecule is C[C@H](CCC(=O)NCN)[C@H]1CC[C@H]2[C@@H]3[C@@H](O)C[C@@H]4C[C@H](O)CC[C@]4(C)[C@H]3CC[C@]12C. The molecule has 4 saturated carbocycles. The van der Waals surface area contributed by atoms with Crippen molar-refractivity contribution >= 4 is 5.91 Å². The van der Waals surface area contributed by atoms with Crippen LogP contribution in [0.15, 0.2) is 0 Å². The topological polar surface area (TPSA) is 95.6 Å². The van der Waals surface area contributed by atoms with Crippen molar-refractivity contribution in [3.63, 3.8) is 0 Å². The Bertz CT molecular complexity index is 642. The van der Waals surface area contributed by atoms with Crippen molar-refractivity contribution in [1.82, 2.24) is 5.32 Å². The first kappa shape index (κ1) is 22.5. The maximum atomic E-state index is 11.9. The van der Waals surface area contributed by atoms with Crippen molar-refractivity contribution in [3.8, 4) is 0 Å². The minimum atomic E-state index is -0.215. The average Bonchev–Trinajstić information content (AvgIpc) is 3.05. The molecule has 1 amide bonds. The summed E-state index contributed by atoms with van der Waals surface area (Å²) in [4.78, 5) is 11.9. The smallest absolute Gasteiger partial charge is 0.220 e. The van der Waals surface area contributed by atoms with Crippen LogP contribution in [0.25, 0.3) is 0 Å². The lowest BCUT2D eigenvalue weighted by Gasteiger charge is -2.62. The first-order chi connectivity index (χ1) is 14.2. The van der Waals surface area contributed by atoms with Crippen LogP contribution in [0, 0.1) is 46.3 Å². The van der Waals surface area contributed by atoms with Crippen LogP contribution < -0.4 is 11.1 Å². The van der Waals surface area contributed by atoms with Crippen LogP contribution in [0.2, 0.25) is 0 Å². The van der Waals surface area contributed by atoms with Crippen LogP contribution in [0.4, 0.5) is 0 Å². The number of amides is 1. The van der Waals surface area contributed by atoms with Gasteiger partial charge in [-0.05, 0) is 104 Å². The van der Waals surface area contributed by atoms with Crippen LogP contribution in [0.1, 0.15) is 85.0 Å². The fourth-order valence-corrected chi connectivity index (χ4v) is 8.94. The number of aliphatic hydroxyl groups excluding tert-OH is 2. The summed E-state index contributed by atoms with van der Waals surface area (Å²) in [6.45, 7) is 7.51. The first-order valence-corrected chi connectivity index (χ1v) is 12.5. The zero-order valence-electron chi connectivity index (χ0n) is 19.3. The average molecular weight is 421 g/mol. The maximum absolute atomic E-state index is 11.9. The summed E-state index contributed by atoms with van der Waals surface area (Å²) in [6.07, 6.45) is 9.82. The van der Waals surface area contributed by atoms with Crippen molar-refractivity contribution in [2.75, 3.05) is 6.67 Å². The van der Waals surface area contributed by atoms with Crippen LogP contribution in [0.5, 0.6) is 0 Å². The van der Waals surface area contributed by atoms with Crippen molar-refractivity contribution in [2.45, 2.75) is 97.2 Å². The molecule has 0 aliphatic heterocycles. The lowest BCUT2D eigenvalue weighted by Crippen LogP contribution is -2.58. The van der Waals surface area contributed by atoms with E-state index in [9.17, 15) is 15.0 Å². The van der Waals surface area contributed by atoms with E-state index in [1.54, 1.807) is 0 Å². The highest BCUT2D eigenvalue weighted by Gasteiger charge is 2.62. The summed E-state index contributed by atoms with van der Waals surface area (Å²) < 4.78 is 0. The van der Waals surface area contributed by atoms with Gasteiger partial charge in [-0.25, -0.2) is 0 Å². The lowest BCUT2D eigenvalue weighted by atomic mass is 9.43. The lowest BCUT2D eigenvalue weighted by molar-refractivity contribution is -0.174. The molecule has 4 fully saturated rings. The van der Waals surface area contributed by atoms with E-state index in [1.807, 2.05) is 0 Å². The summed E-state index contributed by atoms with van der Waals surface area (Å²) in [5.41, 5.74) is 6.00. The molecule has 0 aromatic heterocycles. The summed E-state index contributed by atoms with van der Waals surface area (Å²) in [7, 11) is 0. The molecule has 4 rings (SSSR count). The number of hydrogen-bond donors (Lipinski definition) is 4. The monoisotopic (exact) mass is 420 g/mol. The number of hydrogen-bond acceptors (Lipinski definition) is 4. The predicted octanol–water partition coefficient (Wildman–Crippen LogP) is 3.43. The quantitative estimate of drug-likeness (QED) is 0.513. The number of nitrogens with two attached hydrogens (primary N) is 1. The van der Waals surface area contributed by atoms with E-state index < -0.39 is 0 Å². The minimum absolute atomic E-state index is 0.0638. The normalized spacial score (nSPS) is 48.9. The third kappa shape index (κ3) is 3.63. The van der Waals surface area contributed by atoms with E-state index in [1.165, 1.54) is 25.7 Å². The van der Waals surface area contributed by atoms with E-state index in [4.69, 9.17) is 5.73 Å². The van der Waals surface area contributed by atoms with Gasteiger partial charge in [-0.1, -0.05) is 20.8 Å². The third-order valence-electron chi connectivity index (χ3n) is 10.5. The highest BCUT2D eigenvalue weighted by Crippen LogP contribution is 2.68. The Labute approximate surface area is 182 Å². The molecule has 0 saturated heterocycles. The predicted molar refractivity (Wildman–Crippen MR) is 118 cm³/mol. The summed E-state index contributed by atoms with van der Waals surface area (Å²) >= 11 is 0. The van der Waals surface area contributed by atoms with Gasteiger partial charge in [-0.15, -0.1) is 0 Å². The summed E-state index contributed by atoms with van der Waals surface area (Å²) in [5, 5.41) is 24.3. The fourth-order valence-electron chi connectivity index (χ4n) is 8.94. The van der Waals surface area contributed by atoms with Gasteiger partial charge in [-0.2, -0.15) is 0 Å². The molecule has 5 heteroatoms. The van der Waals surface area contributed by atoms with E-state index >= 15 is 0 Å². The molecule has 0 aromatic rings. The minimum Gasteiger partial charge on any atom is -0.393 e. The Hall–Kier alpha value is -0.650. The highest BCUT2D eigenvalue weighted by atomic mass is 16.3. The summed E-state index contributed by atoms with van der Waals surface area (Å²) in [6, 6.07) is 0. The molecule has 0 heterocycles. The maximum Gasteiger partial charge on any atom is 0.220 e. The Morgan fingerprint density at radius 1 is 1.07 bits per heavy atom. The molecule has 0 spiro atoms. The van der Waals surface area contributed by atoms with Gasteiger partial charge in [0.2, 0.25) is 5.91 Å². The van der Waals surface area contributed by atoms with Crippen molar-refractivity contribution in [2.24, 2.45) is 52.1 Å². The van der Waals surface area contributed by atoms with Gasteiger partial charge in [0.15, 0.2) is 0 Å². The van der Waals surface area contributed by atoms with E-state index in [0.717, 1.165) is 32.1 Å². The van der Waals surface area contributed by atoms with Gasteiger partial charge in [-0.3, -0.25) is 4.79 Å². The molecule has 30 heavy (non-hydrogen) atoms. The molecule has 172 valence electrons. The Balaban J connectivity index is 1.49. The van der Waals surface area contributed by atoms with Crippen LogP contribution >= 0.6 is 0 Å². The van der Waals surface area contributed by atoms with Gasteiger partial charge in [0.25, 0.3) is 0 Å². The molecule has 0 aromatic carbocycles. The van der Waals surface area contributed by atoms with Crippen LogP contribution in [0.3, 0.4) is 0 Å². The molecular formula is C25H44N2O3. The number of carbonyl (C=O) groups excluding carboxylic acids is 1. The van der Waals surface area contributed by atoms with E-state index in [-0.39, 0.29) is 35.6 Å². The molecule has 4 aliphatic carbocycles. The molecule has 5 N–H and O–H groups in total. The van der Waals surface area contributed by atoms with Crippen molar-refractivity contribution < 1.29 is 15.0 Å². The number of carbonyl (C=O) groups is 1. The van der Waals surface area contributed by atoms with Gasteiger partial charge in [0.05, 0.1) is 18.9 Å². The van der Waals surface area contributed by atoms with Gasteiger partial charge in [0.1, 0.15) is 0 Å². The van der Waals surface area contributed by atoms with Gasteiger partial charge in [0, 0.05) is 6.42 Å². The standard InChI is InChI=1S/C25H44N2O3/c1-15(4-7-22(30)27-14-26)18-5-6-19-23-20(9-11-25(18,19)3)24(2)10-8-17(28)12-16(24)13-21(23)29/h15-21,23,28-29H,4-14,26H2,1-3H3,(H,27,30)/t15-,16+,17-,18-,19+,20+,21+,23+,24+,25-/m1/s1. The van der Waals surface area contributed by atoms with Crippen molar-refractivity contribution in [3.05, 3.63) is 0 Å². The number of fused-ring (bicyclic) bond motifs is 5. The first-order valence-electron chi connectivity index (χ1n) is 12.5. The second kappa shape index (κ2) is 8.37. The fraction of sp³-hybridized carbons (Fsp3) is 0.960. The zero-order chi connectivity index (χ0) is 21.7. The molecular weight excluding hydrogens is 376 g/mol. The van der Waals surface area contributed by atoms with Gasteiger partial charge >= 0.3 is 0 Å². The second-order valence-electron chi connectivity index (χ2n) is 11.8. The van der Waals surface area contributed by atoms with Crippen LogP contribution in [-0.4, -0.2) is 35.0 Å². The molecule has 10 atom stereocenters. The molecule has 0 unspecified atom stereocenters. The van der Waals surface area contributed by atoms with Crippen molar-refractivity contribution in [1.29, 1.82) is 0 Å². The number of nitrogens with one attached hydrogen (secondary N) is 1. The van der Waals surface area contributed by atoms with E-state index in [0.29, 0.717) is 41.9 Å². The second-order valence-corrected chi connectivity index (χ2v) is 11.8. The van der Waals surface area contributed by atoms with Gasteiger partial charge < -0.3 is 21.3 Å². The largest absolute Gasteiger partial charge is 0.393 e. The number of aliphatic hydroxyl groups is 2. The van der Waals surface area contributed by atoms with E-state index in [2.05, 4.69) is 26.1 Å². The zero-order valence-corrected chi connectivity index (χ0v) is 19.3.